The van der Waals surface area contributed by atoms with Crippen molar-refractivity contribution in [2.75, 3.05) is 7.11 Å². The van der Waals surface area contributed by atoms with Crippen LogP contribution in [0.5, 0.6) is 5.75 Å². The number of methoxy groups -OCH3 is 1. The van der Waals surface area contributed by atoms with Crippen LogP contribution in [0.15, 0.2) is 42.6 Å². The van der Waals surface area contributed by atoms with Crippen molar-refractivity contribution >= 4 is 0 Å². The van der Waals surface area contributed by atoms with E-state index in [4.69, 9.17) is 9.84 Å². The first-order chi connectivity index (χ1) is 7.85. The summed E-state index contributed by atoms with van der Waals surface area (Å²) in [5.41, 5.74) is 2.57. The number of hydrogen-bond donors (Lipinski definition) is 1. The van der Waals surface area contributed by atoms with Gasteiger partial charge in [-0.05, 0) is 0 Å². The Balaban J connectivity index is 2.44. The van der Waals surface area contributed by atoms with Gasteiger partial charge in [0.05, 0.1) is 19.4 Å². The molecule has 0 bridgehead atoms. The Hall–Kier alpha value is -1.87. The average Bonchev–Trinajstić information content (AvgIpc) is 2.39. The van der Waals surface area contributed by atoms with E-state index >= 15 is 0 Å². The number of hydrogen-bond acceptors (Lipinski definition) is 3. The van der Waals surface area contributed by atoms with E-state index in [2.05, 4.69) is 4.98 Å². The number of aliphatic hydroxyl groups is 1. The predicted molar refractivity (Wildman–Crippen MR) is 62.1 cm³/mol. The van der Waals surface area contributed by atoms with Gasteiger partial charge in [-0.15, -0.1) is 0 Å². The van der Waals surface area contributed by atoms with E-state index < -0.39 is 0 Å². The SMILES string of the molecule is COc1cc(-c2ccccc2)ncc1CO. The van der Waals surface area contributed by atoms with Crippen molar-refractivity contribution in [1.29, 1.82) is 0 Å². The molecule has 0 amide bonds. The maximum atomic E-state index is 9.09. The van der Waals surface area contributed by atoms with E-state index in [1.807, 2.05) is 36.4 Å². The van der Waals surface area contributed by atoms with Crippen LogP contribution in [0, 0.1) is 0 Å². The second-order valence-corrected chi connectivity index (χ2v) is 3.41. The third-order valence-corrected chi connectivity index (χ3v) is 2.40. The Morgan fingerprint density at radius 3 is 2.62 bits per heavy atom. The molecule has 1 aromatic carbocycles. The van der Waals surface area contributed by atoms with Crippen LogP contribution in [0.1, 0.15) is 5.56 Å². The summed E-state index contributed by atoms with van der Waals surface area (Å²) in [5, 5.41) is 9.09. The highest BCUT2D eigenvalue weighted by atomic mass is 16.5. The third kappa shape index (κ3) is 2.04. The normalized spacial score (nSPS) is 10.1. The van der Waals surface area contributed by atoms with Crippen molar-refractivity contribution in [2.45, 2.75) is 6.61 Å². The number of rotatable bonds is 3. The van der Waals surface area contributed by atoms with E-state index in [-0.39, 0.29) is 6.61 Å². The molecule has 0 aliphatic rings. The Morgan fingerprint density at radius 1 is 1.25 bits per heavy atom. The Kier molecular flexibility index (Phi) is 3.17. The molecule has 0 unspecified atom stereocenters. The maximum absolute atomic E-state index is 9.09. The molecule has 0 aliphatic carbocycles. The highest BCUT2D eigenvalue weighted by Crippen LogP contribution is 2.24. The fraction of sp³-hybridized carbons (Fsp3) is 0.154. The quantitative estimate of drug-likeness (QED) is 0.853. The molecule has 82 valence electrons. The van der Waals surface area contributed by atoms with E-state index in [1.165, 1.54) is 0 Å². The molecule has 0 spiro atoms. The zero-order valence-electron chi connectivity index (χ0n) is 9.05. The van der Waals surface area contributed by atoms with E-state index in [0.717, 1.165) is 11.3 Å². The molecule has 1 heterocycles. The Morgan fingerprint density at radius 2 is 2.00 bits per heavy atom. The van der Waals surface area contributed by atoms with Crippen LogP contribution in [0.25, 0.3) is 11.3 Å². The number of aromatic nitrogens is 1. The number of nitrogens with zero attached hydrogens (tertiary/aromatic N) is 1. The lowest BCUT2D eigenvalue weighted by molar-refractivity contribution is 0.273. The lowest BCUT2D eigenvalue weighted by Gasteiger charge is -2.08. The minimum Gasteiger partial charge on any atom is -0.496 e. The summed E-state index contributed by atoms with van der Waals surface area (Å²) in [4.78, 5) is 4.29. The molecule has 0 radical (unpaired) electrons. The van der Waals surface area contributed by atoms with Crippen LogP contribution in [0.2, 0.25) is 0 Å². The summed E-state index contributed by atoms with van der Waals surface area (Å²) in [6.45, 7) is -0.0642. The fourth-order valence-corrected chi connectivity index (χ4v) is 1.54. The van der Waals surface area contributed by atoms with Crippen LogP contribution in [0.3, 0.4) is 0 Å². The predicted octanol–water partition coefficient (Wildman–Crippen LogP) is 2.25. The van der Waals surface area contributed by atoms with Gasteiger partial charge in [0.1, 0.15) is 5.75 Å². The standard InChI is InChI=1S/C13H13NO2/c1-16-13-7-12(14-8-11(13)9-15)10-5-3-2-4-6-10/h2-8,15H,9H2,1H3. The molecule has 0 aliphatic heterocycles. The molecule has 16 heavy (non-hydrogen) atoms. The average molecular weight is 215 g/mol. The molecule has 1 N–H and O–H groups in total. The van der Waals surface area contributed by atoms with Crippen LogP contribution >= 0.6 is 0 Å². The summed E-state index contributed by atoms with van der Waals surface area (Å²) in [6, 6.07) is 11.7. The second-order valence-electron chi connectivity index (χ2n) is 3.41. The molecule has 0 saturated carbocycles. The lowest BCUT2D eigenvalue weighted by atomic mass is 10.1. The summed E-state index contributed by atoms with van der Waals surface area (Å²) >= 11 is 0. The zero-order valence-corrected chi connectivity index (χ0v) is 9.05. The summed E-state index contributed by atoms with van der Waals surface area (Å²) < 4.78 is 5.20. The number of aliphatic hydroxyl groups excluding tert-OH is 1. The molecule has 2 rings (SSSR count). The van der Waals surface area contributed by atoms with Crippen LogP contribution in [-0.4, -0.2) is 17.2 Å². The van der Waals surface area contributed by atoms with Gasteiger partial charge in [-0.1, -0.05) is 30.3 Å². The highest BCUT2D eigenvalue weighted by molar-refractivity contribution is 5.61. The van der Waals surface area contributed by atoms with Crippen molar-refractivity contribution < 1.29 is 9.84 Å². The van der Waals surface area contributed by atoms with Gasteiger partial charge >= 0.3 is 0 Å². The molecular weight excluding hydrogens is 202 g/mol. The minimum atomic E-state index is -0.0642. The molecular formula is C13H13NO2. The van der Waals surface area contributed by atoms with Gasteiger partial charge < -0.3 is 9.84 Å². The minimum absolute atomic E-state index is 0.0642. The highest BCUT2D eigenvalue weighted by Gasteiger charge is 2.05. The first-order valence-corrected chi connectivity index (χ1v) is 5.04. The van der Waals surface area contributed by atoms with Gasteiger partial charge in [0, 0.05) is 23.4 Å². The number of benzene rings is 1. The maximum Gasteiger partial charge on any atom is 0.128 e. The molecule has 2 aromatic rings. The molecule has 3 heteroatoms. The van der Waals surface area contributed by atoms with Crippen molar-refractivity contribution in [1.82, 2.24) is 4.98 Å². The van der Waals surface area contributed by atoms with Crippen molar-refractivity contribution in [3.05, 3.63) is 48.2 Å². The summed E-state index contributed by atoms with van der Waals surface area (Å²) in [6.07, 6.45) is 1.64. The van der Waals surface area contributed by atoms with Crippen molar-refractivity contribution in [2.24, 2.45) is 0 Å². The molecule has 1 aromatic heterocycles. The van der Waals surface area contributed by atoms with Gasteiger partial charge in [0.2, 0.25) is 0 Å². The lowest BCUT2D eigenvalue weighted by Crippen LogP contribution is -1.94. The second kappa shape index (κ2) is 4.77. The molecule has 0 saturated heterocycles. The van der Waals surface area contributed by atoms with Crippen LogP contribution < -0.4 is 4.74 Å². The fourth-order valence-electron chi connectivity index (χ4n) is 1.54. The van der Waals surface area contributed by atoms with Gasteiger partial charge in [-0.2, -0.15) is 0 Å². The van der Waals surface area contributed by atoms with E-state index in [9.17, 15) is 0 Å². The van der Waals surface area contributed by atoms with E-state index in [0.29, 0.717) is 11.3 Å². The molecule has 0 atom stereocenters. The van der Waals surface area contributed by atoms with Gasteiger partial charge in [-0.3, -0.25) is 4.98 Å². The van der Waals surface area contributed by atoms with Gasteiger partial charge in [0.15, 0.2) is 0 Å². The van der Waals surface area contributed by atoms with Crippen molar-refractivity contribution in [3.8, 4) is 17.0 Å². The van der Waals surface area contributed by atoms with E-state index in [1.54, 1.807) is 13.3 Å². The third-order valence-electron chi connectivity index (χ3n) is 2.40. The first kappa shape index (κ1) is 10.6. The number of ether oxygens (including phenoxy) is 1. The monoisotopic (exact) mass is 215 g/mol. The van der Waals surface area contributed by atoms with Crippen LogP contribution in [-0.2, 0) is 6.61 Å². The topological polar surface area (TPSA) is 42.4 Å². The zero-order chi connectivity index (χ0) is 11.4. The summed E-state index contributed by atoms with van der Waals surface area (Å²) in [5.74, 6) is 0.663. The summed E-state index contributed by atoms with van der Waals surface area (Å²) in [7, 11) is 1.59. The van der Waals surface area contributed by atoms with Crippen LogP contribution in [0.4, 0.5) is 0 Å². The van der Waals surface area contributed by atoms with Crippen molar-refractivity contribution in [3.63, 3.8) is 0 Å². The van der Waals surface area contributed by atoms with Gasteiger partial charge in [0.25, 0.3) is 0 Å². The Bertz CT molecular complexity index is 469. The smallest absolute Gasteiger partial charge is 0.128 e. The molecule has 0 fully saturated rings. The first-order valence-electron chi connectivity index (χ1n) is 5.04. The van der Waals surface area contributed by atoms with Gasteiger partial charge in [-0.25, -0.2) is 0 Å². The Labute approximate surface area is 94.3 Å². The number of pyridine rings is 1. The largest absolute Gasteiger partial charge is 0.496 e. The molecule has 3 nitrogen and oxygen atoms in total.